The fourth-order valence-corrected chi connectivity index (χ4v) is 4.48. The number of piperidine rings is 1. The van der Waals surface area contributed by atoms with Crippen molar-refractivity contribution in [3.8, 4) is 39.5 Å². The van der Waals surface area contributed by atoms with Crippen molar-refractivity contribution in [2.45, 2.75) is 31.7 Å². The number of nitrogens with one attached hydrogen (secondary N) is 1. The second-order valence-electron chi connectivity index (χ2n) is 8.61. The first kappa shape index (κ1) is 21.3. The van der Waals surface area contributed by atoms with Crippen LogP contribution in [0, 0.1) is 0 Å². The third-order valence-electron chi connectivity index (χ3n) is 6.32. The van der Waals surface area contributed by atoms with Crippen molar-refractivity contribution in [1.29, 1.82) is 0 Å². The molecule has 33 heavy (non-hydrogen) atoms. The number of aromatic nitrogens is 1. The Kier molecular flexibility index (Phi) is 6.13. The summed E-state index contributed by atoms with van der Waals surface area (Å²) < 4.78 is 6.47. The molecule has 1 aliphatic heterocycles. The lowest BCUT2D eigenvalue weighted by molar-refractivity contribution is 0.271. The molecule has 3 aromatic carbocycles. The number of rotatable bonds is 6. The molecule has 1 atom stereocenters. The second kappa shape index (κ2) is 9.51. The highest BCUT2D eigenvalue weighted by Crippen LogP contribution is 2.38. The molecular formula is C28H28N2O3. The van der Waals surface area contributed by atoms with Crippen LogP contribution in [0.3, 0.4) is 0 Å². The van der Waals surface area contributed by atoms with Gasteiger partial charge in [-0.2, -0.15) is 0 Å². The van der Waals surface area contributed by atoms with Gasteiger partial charge in [-0.1, -0.05) is 36.8 Å². The monoisotopic (exact) mass is 440 g/mol. The SMILES string of the molecule is Oc1ccc(-c2ccc3ncc(-c4ccc(O)cc4)c(OCCC4CCCCN4)c3c2)cc1. The van der Waals surface area contributed by atoms with Gasteiger partial charge in [0, 0.05) is 23.2 Å². The Balaban J connectivity index is 1.54. The molecule has 0 bridgehead atoms. The quantitative estimate of drug-likeness (QED) is 0.349. The van der Waals surface area contributed by atoms with Gasteiger partial charge in [0.25, 0.3) is 0 Å². The van der Waals surface area contributed by atoms with E-state index in [-0.39, 0.29) is 11.5 Å². The van der Waals surface area contributed by atoms with E-state index in [0.29, 0.717) is 12.6 Å². The number of phenolic OH excluding ortho intramolecular Hbond substituents is 2. The Bertz CT molecular complexity index is 1230. The summed E-state index contributed by atoms with van der Waals surface area (Å²) in [5, 5.41) is 23.9. The Morgan fingerprint density at radius 2 is 1.55 bits per heavy atom. The largest absolute Gasteiger partial charge is 0.508 e. The predicted molar refractivity (Wildman–Crippen MR) is 132 cm³/mol. The average molecular weight is 441 g/mol. The van der Waals surface area contributed by atoms with E-state index < -0.39 is 0 Å². The lowest BCUT2D eigenvalue weighted by Gasteiger charge is -2.24. The van der Waals surface area contributed by atoms with Crippen molar-refractivity contribution < 1.29 is 14.9 Å². The molecule has 0 amide bonds. The van der Waals surface area contributed by atoms with E-state index in [9.17, 15) is 10.2 Å². The number of fused-ring (bicyclic) bond motifs is 1. The van der Waals surface area contributed by atoms with Crippen LogP contribution in [-0.2, 0) is 0 Å². The first-order valence-electron chi connectivity index (χ1n) is 11.5. The Morgan fingerprint density at radius 3 is 2.24 bits per heavy atom. The molecule has 0 saturated carbocycles. The normalized spacial score (nSPS) is 16.1. The Hall–Kier alpha value is -3.57. The number of phenols is 2. The summed E-state index contributed by atoms with van der Waals surface area (Å²) in [6.45, 7) is 1.70. The van der Waals surface area contributed by atoms with Crippen LogP contribution in [-0.4, -0.2) is 34.4 Å². The van der Waals surface area contributed by atoms with E-state index >= 15 is 0 Å². The molecule has 5 heteroatoms. The number of benzene rings is 3. The van der Waals surface area contributed by atoms with Crippen LogP contribution in [0.2, 0.25) is 0 Å². The molecule has 1 fully saturated rings. The maximum atomic E-state index is 9.74. The summed E-state index contributed by atoms with van der Waals surface area (Å²) in [6.07, 6.45) is 6.51. The summed E-state index contributed by atoms with van der Waals surface area (Å²) in [5.41, 5.74) is 4.77. The van der Waals surface area contributed by atoms with Gasteiger partial charge in [-0.25, -0.2) is 0 Å². The van der Waals surface area contributed by atoms with Gasteiger partial charge in [-0.3, -0.25) is 4.98 Å². The van der Waals surface area contributed by atoms with Gasteiger partial charge < -0.3 is 20.3 Å². The zero-order valence-electron chi connectivity index (χ0n) is 18.5. The zero-order chi connectivity index (χ0) is 22.6. The number of hydrogen-bond donors (Lipinski definition) is 3. The molecule has 4 aromatic rings. The topological polar surface area (TPSA) is 74.6 Å². The summed E-state index contributed by atoms with van der Waals surface area (Å²) in [4.78, 5) is 4.69. The Labute approximate surface area is 193 Å². The molecular weight excluding hydrogens is 412 g/mol. The lowest BCUT2D eigenvalue weighted by Crippen LogP contribution is -2.35. The maximum Gasteiger partial charge on any atom is 0.138 e. The minimum absolute atomic E-state index is 0.230. The summed E-state index contributed by atoms with van der Waals surface area (Å²) in [5.74, 6) is 1.28. The molecule has 2 heterocycles. The highest BCUT2D eigenvalue weighted by molar-refractivity contribution is 5.95. The maximum absolute atomic E-state index is 9.74. The van der Waals surface area contributed by atoms with Crippen molar-refractivity contribution in [3.05, 3.63) is 72.9 Å². The Morgan fingerprint density at radius 1 is 0.848 bits per heavy atom. The van der Waals surface area contributed by atoms with E-state index in [0.717, 1.165) is 51.9 Å². The molecule has 5 rings (SSSR count). The molecule has 0 aliphatic carbocycles. The molecule has 5 nitrogen and oxygen atoms in total. The van der Waals surface area contributed by atoms with E-state index in [1.54, 1.807) is 24.3 Å². The van der Waals surface area contributed by atoms with Crippen molar-refractivity contribution in [2.75, 3.05) is 13.2 Å². The van der Waals surface area contributed by atoms with Crippen molar-refractivity contribution in [1.82, 2.24) is 10.3 Å². The molecule has 0 radical (unpaired) electrons. The van der Waals surface area contributed by atoms with Gasteiger partial charge >= 0.3 is 0 Å². The van der Waals surface area contributed by atoms with Crippen LogP contribution in [0.25, 0.3) is 33.2 Å². The third kappa shape index (κ3) is 4.78. The summed E-state index contributed by atoms with van der Waals surface area (Å²) in [7, 11) is 0. The van der Waals surface area contributed by atoms with E-state index in [2.05, 4.69) is 11.4 Å². The lowest BCUT2D eigenvalue weighted by atomic mass is 9.99. The van der Waals surface area contributed by atoms with Crippen LogP contribution in [0.15, 0.2) is 72.9 Å². The average Bonchev–Trinajstić information content (AvgIpc) is 2.85. The van der Waals surface area contributed by atoms with Gasteiger partial charge in [0.05, 0.1) is 12.1 Å². The molecule has 1 aliphatic rings. The first-order valence-corrected chi connectivity index (χ1v) is 11.5. The van der Waals surface area contributed by atoms with Crippen LogP contribution in [0.1, 0.15) is 25.7 Å². The molecule has 3 N–H and O–H groups in total. The highest BCUT2D eigenvalue weighted by Gasteiger charge is 2.16. The minimum atomic E-state index is 0.230. The van der Waals surface area contributed by atoms with Gasteiger partial charge in [-0.15, -0.1) is 0 Å². The smallest absolute Gasteiger partial charge is 0.138 e. The van der Waals surface area contributed by atoms with Crippen molar-refractivity contribution >= 4 is 10.9 Å². The van der Waals surface area contributed by atoms with Gasteiger partial charge in [0.15, 0.2) is 0 Å². The van der Waals surface area contributed by atoms with Crippen molar-refractivity contribution in [3.63, 3.8) is 0 Å². The van der Waals surface area contributed by atoms with Gasteiger partial charge in [0.2, 0.25) is 0 Å². The van der Waals surface area contributed by atoms with E-state index in [4.69, 9.17) is 9.72 Å². The van der Waals surface area contributed by atoms with E-state index in [1.165, 1.54) is 19.3 Å². The molecule has 1 saturated heterocycles. The number of aromatic hydroxyl groups is 2. The summed E-state index contributed by atoms with van der Waals surface area (Å²) >= 11 is 0. The van der Waals surface area contributed by atoms with Gasteiger partial charge in [0.1, 0.15) is 17.2 Å². The van der Waals surface area contributed by atoms with Crippen LogP contribution < -0.4 is 10.1 Å². The van der Waals surface area contributed by atoms with Crippen LogP contribution >= 0.6 is 0 Å². The third-order valence-corrected chi connectivity index (χ3v) is 6.32. The van der Waals surface area contributed by atoms with Crippen LogP contribution in [0.4, 0.5) is 0 Å². The zero-order valence-corrected chi connectivity index (χ0v) is 18.5. The van der Waals surface area contributed by atoms with Crippen LogP contribution in [0.5, 0.6) is 17.2 Å². The number of ether oxygens (including phenoxy) is 1. The number of hydrogen-bond acceptors (Lipinski definition) is 5. The number of pyridine rings is 1. The molecule has 1 aromatic heterocycles. The predicted octanol–water partition coefficient (Wildman–Crippen LogP) is 5.89. The fourth-order valence-electron chi connectivity index (χ4n) is 4.48. The highest BCUT2D eigenvalue weighted by atomic mass is 16.5. The molecule has 0 spiro atoms. The number of nitrogens with zero attached hydrogens (tertiary/aromatic N) is 1. The van der Waals surface area contributed by atoms with Gasteiger partial charge in [-0.05, 0) is 78.9 Å². The van der Waals surface area contributed by atoms with E-state index in [1.807, 2.05) is 42.6 Å². The van der Waals surface area contributed by atoms with Crippen molar-refractivity contribution in [2.24, 2.45) is 0 Å². The standard InChI is InChI=1S/C28H28N2O3/c31-23-9-4-19(5-10-23)21-8-13-27-25(17-21)28(33-16-14-22-3-1-2-15-29-22)26(18-30-27)20-6-11-24(32)12-7-20/h4-13,17-18,22,29,31-32H,1-3,14-16H2. The molecule has 1 unspecified atom stereocenters. The fraction of sp³-hybridized carbons (Fsp3) is 0.250. The summed E-state index contributed by atoms with van der Waals surface area (Å²) in [6, 6.07) is 21.0. The second-order valence-corrected chi connectivity index (χ2v) is 8.61. The minimum Gasteiger partial charge on any atom is -0.508 e. The molecule has 168 valence electrons. The first-order chi connectivity index (χ1) is 16.2.